The first-order valence-corrected chi connectivity index (χ1v) is 8.54. The van der Waals surface area contributed by atoms with Crippen molar-refractivity contribution in [2.24, 2.45) is 17.6 Å². The molecule has 0 spiro atoms. The van der Waals surface area contributed by atoms with Gasteiger partial charge in [0.25, 0.3) is 0 Å². The Morgan fingerprint density at radius 3 is 2.67 bits per heavy atom. The van der Waals surface area contributed by atoms with Gasteiger partial charge >= 0.3 is 0 Å². The van der Waals surface area contributed by atoms with Gasteiger partial charge in [0.2, 0.25) is 0 Å². The van der Waals surface area contributed by atoms with E-state index >= 15 is 0 Å². The second-order valence-corrected chi connectivity index (χ2v) is 6.85. The Hall–Kier alpha value is -1.09. The second-order valence-electron chi connectivity index (χ2n) is 6.85. The zero-order valence-electron chi connectivity index (χ0n) is 13.2. The summed E-state index contributed by atoms with van der Waals surface area (Å²) >= 11 is 0. The van der Waals surface area contributed by atoms with Gasteiger partial charge in [0, 0.05) is 6.20 Å². The number of methoxy groups -OCH3 is 1. The van der Waals surface area contributed by atoms with E-state index in [1.54, 1.807) is 7.11 Å². The highest BCUT2D eigenvalue weighted by atomic mass is 16.5. The van der Waals surface area contributed by atoms with E-state index in [0.29, 0.717) is 5.92 Å². The molecule has 0 amide bonds. The maximum atomic E-state index is 6.99. The molecule has 2 atom stereocenters. The third kappa shape index (κ3) is 2.80. The molecular weight excluding hydrogens is 260 g/mol. The maximum Gasteiger partial charge on any atom is 0.142 e. The van der Waals surface area contributed by atoms with Gasteiger partial charge in [-0.1, -0.05) is 44.9 Å². The van der Waals surface area contributed by atoms with Crippen LogP contribution in [-0.4, -0.2) is 12.1 Å². The van der Waals surface area contributed by atoms with Gasteiger partial charge < -0.3 is 10.5 Å². The smallest absolute Gasteiger partial charge is 0.142 e. The molecule has 0 bridgehead atoms. The molecule has 0 saturated heterocycles. The molecule has 0 radical (unpaired) electrons. The van der Waals surface area contributed by atoms with E-state index in [4.69, 9.17) is 10.5 Å². The van der Waals surface area contributed by atoms with Crippen LogP contribution >= 0.6 is 0 Å². The van der Waals surface area contributed by atoms with Gasteiger partial charge in [0.05, 0.1) is 12.6 Å². The van der Waals surface area contributed by atoms with Gasteiger partial charge in [-0.2, -0.15) is 0 Å². The molecule has 3 nitrogen and oxygen atoms in total. The number of hydrogen-bond acceptors (Lipinski definition) is 3. The summed E-state index contributed by atoms with van der Waals surface area (Å²) in [6, 6.07) is 3.94. The Bertz CT molecular complexity index is 470. The number of nitrogens with two attached hydrogens (primary N) is 1. The standard InChI is InChI=1S/C18H28N2O/c1-21-16-11-7-13-20-17(16)18(19)12-6-5-10-15(18)14-8-3-2-4-9-14/h7,11,13-15H,2-6,8-10,12,19H2,1H3. The average molecular weight is 288 g/mol. The molecule has 0 aromatic carbocycles. The summed E-state index contributed by atoms with van der Waals surface area (Å²) in [5.41, 5.74) is 7.68. The molecule has 1 aromatic heterocycles. The van der Waals surface area contributed by atoms with Crippen LogP contribution < -0.4 is 10.5 Å². The first kappa shape index (κ1) is 14.8. The summed E-state index contributed by atoms with van der Waals surface area (Å²) in [4.78, 5) is 4.64. The van der Waals surface area contributed by atoms with Crippen molar-refractivity contribution in [1.29, 1.82) is 0 Å². The van der Waals surface area contributed by atoms with Gasteiger partial charge in [-0.15, -0.1) is 0 Å². The number of rotatable bonds is 3. The summed E-state index contributed by atoms with van der Waals surface area (Å²) in [6.45, 7) is 0. The molecule has 2 N–H and O–H groups in total. The fourth-order valence-electron chi connectivity index (χ4n) is 4.62. The van der Waals surface area contributed by atoms with E-state index in [1.165, 1.54) is 51.4 Å². The lowest BCUT2D eigenvalue weighted by atomic mass is 9.63. The van der Waals surface area contributed by atoms with Crippen LogP contribution in [0.5, 0.6) is 5.75 Å². The summed E-state index contributed by atoms with van der Waals surface area (Å²) in [5, 5.41) is 0. The Morgan fingerprint density at radius 2 is 1.90 bits per heavy atom. The molecule has 21 heavy (non-hydrogen) atoms. The minimum absolute atomic E-state index is 0.299. The molecule has 0 aliphatic heterocycles. The van der Waals surface area contributed by atoms with Crippen molar-refractivity contribution in [3.63, 3.8) is 0 Å². The highest BCUT2D eigenvalue weighted by Crippen LogP contribution is 2.48. The normalized spacial score (nSPS) is 31.0. The fraction of sp³-hybridized carbons (Fsp3) is 0.722. The van der Waals surface area contributed by atoms with E-state index in [1.807, 2.05) is 18.3 Å². The predicted octanol–water partition coefficient (Wildman–Crippen LogP) is 4.01. The summed E-state index contributed by atoms with van der Waals surface area (Å²) < 4.78 is 5.56. The van der Waals surface area contributed by atoms with Gasteiger partial charge in [-0.25, -0.2) is 0 Å². The van der Waals surface area contributed by atoms with Crippen molar-refractivity contribution < 1.29 is 4.74 Å². The molecule has 2 saturated carbocycles. The lowest BCUT2D eigenvalue weighted by molar-refractivity contribution is 0.0932. The molecule has 1 aromatic rings. The molecule has 3 heteroatoms. The number of hydrogen-bond donors (Lipinski definition) is 1. The van der Waals surface area contributed by atoms with Crippen LogP contribution in [0.25, 0.3) is 0 Å². The molecule has 2 unspecified atom stereocenters. The largest absolute Gasteiger partial charge is 0.495 e. The Kier molecular flexibility index (Phi) is 4.48. The highest BCUT2D eigenvalue weighted by Gasteiger charge is 2.45. The summed E-state index contributed by atoms with van der Waals surface area (Å²) in [5.74, 6) is 2.20. The van der Waals surface area contributed by atoms with Crippen LogP contribution in [0.15, 0.2) is 18.3 Å². The summed E-state index contributed by atoms with van der Waals surface area (Å²) in [7, 11) is 1.72. The van der Waals surface area contributed by atoms with Crippen LogP contribution in [0.3, 0.4) is 0 Å². The number of pyridine rings is 1. The van der Waals surface area contributed by atoms with Crippen molar-refractivity contribution >= 4 is 0 Å². The number of aromatic nitrogens is 1. The van der Waals surface area contributed by atoms with E-state index < -0.39 is 0 Å². The highest BCUT2D eigenvalue weighted by molar-refractivity contribution is 5.34. The van der Waals surface area contributed by atoms with Crippen molar-refractivity contribution in [2.75, 3.05) is 7.11 Å². The van der Waals surface area contributed by atoms with Crippen LogP contribution in [0.4, 0.5) is 0 Å². The maximum absolute atomic E-state index is 6.99. The minimum Gasteiger partial charge on any atom is -0.495 e. The number of ether oxygens (including phenoxy) is 1. The fourth-order valence-corrected chi connectivity index (χ4v) is 4.62. The zero-order valence-corrected chi connectivity index (χ0v) is 13.2. The molecule has 1 heterocycles. The molecule has 116 valence electrons. The monoisotopic (exact) mass is 288 g/mol. The van der Waals surface area contributed by atoms with E-state index in [9.17, 15) is 0 Å². The van der Waals surface area contributed by atoms with Crippen LogP contribution in [-0.2, 0) is 5.54 Å². The third-order valence-electron chi connectivity index (χ3n) is 5.67. The summed E-state index contributed by atoms with van der Waals surface area (Å²) in [6.07, 6.45) is 13.5. The average Bonchev–Trinajstić information content (AvgIpc) is 2.56. The van der Waals surface area contributed by atoms with Crippen molar-refractivity contribution in [3.8, 4) is 5.75 Å². The van der Waals surface area contributed by atoms with Crippen molar-refractivity contribution in [2.45, 2.75) is 63.3 Å². The van der Waals surface area contributed by atoms with E-state index in [0.717, 1.165) is 23.8 Å². The van der Waals surface area contributed by atoms with Gasteiger partial charge in [0.1, 0.15) is 11.4 Å². The lowest BCUT2D eigenvalue weighted by Crippen LogP contribution is -2.50. The quantitative estimate of drug-likeness (QED) is 0.914. The third-order valence-corrected chi connectivity index (χ3v) is 5.67. The molecule has 2 aliphatic rings. The van der Waals surface area contributed by atoms with Gasteiger partial charge in [-0.05, 0) is 36.8 Å². The molecular formula is C18H28N2O. The SMILES string of the molecule is COc1cccnc1C1(N)CCCCC1C1CCCCC1. The van der Waals surface area contributed by atoms with Gasteiger partial charge in [0.15, 0.2) is 0 Å². The topological polar surface area (TPSA) is 48.1 Å². The van der Waals surface area contributed by atoms with Crippen LogP contribution in [0.1, 0.15) is 63.5 Å². The molecule has 2 fully saturated rings. The Labute approximate surface area is 128 Å². The Morgan fingerprint density at radius 1 is 1.14 bits per heavy atom. The first-order chi connectivity index (χ1) is 10.3. The van der Waals surface area contributed by atoms with Crippen molar-refractivity contribution in [1.82, 2.24) is 4.98 Å². The van der Waals surface area contributed by atoms with Gasteiger partial charge in [-0.3, -0.25) is 4.98 Å². The van der Waals surface area contributed by atoms with E-state index in [-0.39, 0.29) is 5.54 Å². The van der Waals surface area contributed by atoms with Crippen LogP contribution in [0, 0.1) is 11.8 Å². The predicted molar refractivity (Wildman–Crippen MR) is 85.2 cm³/mol. The Balaban J connectivity index is 1.94. The second kappa shape index (κ2) is 6.35. The van der Waals surface area contributed by atoms with E-state index in [2.05, 4.69) is 4.98 Å². The van der Waals surface area contributed by atoms with Crippen molar-refractivity contribution in [3.05, 3.63) is 24.0 Å². The molecule has 3 rings (SSSR count). The lowest BCUT2D eigenvalue weighted by Gasteiger charge is -2.46. The minimum atomic E-state index is -0.299. The number of nitrogens with zero attached hydrogens (tertiary/aromatic N) is 1. The zero-order chi connectivity index (χ0) is 14.7. The molecule has 2 aliphatic carbocycles. The first-order valence-electron chi connectivity index (χ1n) is 8.54. The van der Waals surface area contributed by atoms with Crippen LogP contribution in [0.2, 0.25) is 0 Å².